The van der Waals surface area contributed by atoms with Crippen LogP contribution in [0.25, 0.3) is 6.08 Å². The average Bonchev–Trinajstić information content (AvgIpc) is 2.52. The third kappa shape index (κ3) is 3.50. The summed E-state index contributed by atoms with van der Waals surface area (Å²) in [6, 6.07) is 5.05. The van der Waals surface area contributed by atoms with Crippen LogP contribution in [0.2, 0.25) is 0 Å². The third-order valence-corrected chi connectivity index (χ3v) is 2.83. The predicted molar refractivity (Wildman–Crippen MR) is 77.9 cm³/mol. The highest BCUT2D eigenvalue weighted by Crippen LogP contribution is 2.16. The van der Waals surface area contributed by atoms with E-state index in [-0.39, 0.29) is 5.91 Å². The first kappa shape index (κ1) is 14.4. The molecular formula is C15H13N3O3. The normalized spacial score (nSPS) is 10.5. The van der Waals surface area contributed by atoms with Gasteiger partial charge in [-0.2, -0.15) is 0 Å². The van der Waals surface area contributed by atoms with E-state index in [1.807, 2.05) is 0 Å². The highest BCUT2D eigenvalue weighted by Gasteiger charge is 2.16. The average molecular weight is 283 g/mol. The van der Waals surface area contributed by atoms with Gasteiger partial charge in [-0.05, 0) is 24.3 Å². The molecule has 0 aromatic carbocycles. The Labute approximate surface area is 121 Å². The Morgan fingerprint density at radius 1 is 1.19 bits per heavy atom. The van der Waals surface area contributed by atoms with Crippen molar-refractivity contribution in [2.75, 3.05) is 11.9 Å². The lowest BCUT2D eigenvalue weighted by molar-refractivity contribution is -0.131. The first-order chi connectivity index (χ1) is 10.1. The van der Waals surface area contributed by atoms with Gasteiger partial charge in [0, 0.05) is 37.3 Å². The van der Waals surface area contributed by atoms with Crippen molar-refractivity contribution in [3.05, 3.63) is 60.2 Å². The van der Waals surface area contributed by atoms with Crippen molar-refractivity contribution in [2.24, 2.45) is 0 Å². The molecule has 1 amide bonds. The third-order valence-electron chi connectivity index (χ3n) is 2.83. The molecule has 106 valence electrons. The van der Waals surface area contributed by atoms with Crippen LogP contribution < -0.4 is 4.90 Å². The number of aliphatic carboxylic acids is 1. The summed E-state index contributed by atoms with van der Waals surface area (Å²) in [5, 5.41) is 8.68. The highest BCUT2D eigenvalue weighted by molar-refractivity contribution is 6.08. The van der Waals surface area contributed by atoms with Crippen LogP contribution in [-0.2, 0) is 4.79 Å². The van der Waals surface area contributed by atoms with Crippen LogP contribution in [0.5, 0.6) is 0 Å². The van der Waals surface area contributed by atoms with Gasteiger partial charge in [-0.25, -0.2) is 4.79 Å². The molecule has 0 saturated heterocycles. The Bertz CT molecular complexity index is 684. The Morgan fingerprint density at radius 2 is 1.95 bits per heavy atom. The van der Waals surface area contributed by atoms with Gasteiger partial charge in [-0.15, -0.1) is 0 Å². The molecule has 0 fully saturated rings. The number of nitrogens with zero attached hydrogens (tertiary/aromatic N) is 3. The highest BCUT2D eigenvalue weighted by atomic mass is 16.4. The summed E-state index contributed by atoms with van der Waals surface area (Å²) >= 11 is 0. The molecular weight excluding hydrogens is 270 g/mol. The molecule has 6 nitrogen and oxygen atoms in total. The number of rotatable bonds is 4. The fraction of sp³-hybridized carbons (Fsp3) is 0.0667. The number of hydrogen-bond donors (Lipinski definition) is 1. The Balaban J connectivity index is 2.33. The predicted octanol–water partition coefficient (Wildman–Crippen LogP) is 1.85. The molecule has 6 heteroatoms. The summed E-state index contributed by atoms with van der Waals surface area (Å²) < 4.78 is 0. The number of carboxylic acids is 1. The van der Waals surface area contributed by atoms with Gasteiger partial charge < -0.3 is 10.0 Å². The van der Waals surface area contributed by atoms with Crippen molar-refractivity contribution in [3.63, 3.8) is 0 Å². The number of amides is 1. The zero-order valence-electron chi connectivity index (χ0n) is 11.3. The molecule has 0 bridgehead atoms. The van der Waals surface area contributed by atoms with E-state index in [9.17, 15) is 9.59 Å². The molecule has 0 aliphatic rings. The SMILES string of the molecule is CN(C(=O)c1ccncc1C=CC(=O)O)c1cccnc1. The first-order valence-corrected chi connectivity index (χ1v) is 6.12. The van der Waals surface area contributed by atoms with Gasteiger partial charge >= 0.3 is 5.97 Å². The number of carbonyl (C=O) groups excluding carboxylic acids is 1. The second-order valence-corrected chi connectivity index (χ2v) is 4.21. The molecule has 2 aromatic heterocycles. The lowest BCUT2D eigenvalue weighted by Crippen LogP contribution is -2.27. The van der Waals surface area contributed by atoms with E-state index in [0.29, 0.717) is 16.8 Å². The van der Waals surface area contributed by atoms with E-state index in [1.54, 1.807) is 37.6 Å². The number of hydrogen-bond acceptors (Lipinski definition) is 4. The van der Waals surface area contributed by atoms with Crippen LogP contribution >= 0.6 is 0 Å². The molecule has 21 heavy (non-hydrogen) atoms. The summed E-state index contributed by atoms with van der Waals surface area (Å²) in [6.45, 7) is 0. The minimum Gasteiger partial charge on any atom is -0.478 e. The topological polar surface area (TPSA) is 83.4 Å². The van der Waals surface area contributed by atoms with Gasteiger partial charge in [0.25, 0.3) is 5.91 Å². The molecule has 0 atom stereocenters. The molecule has 0 aliphatic heterocycles. The molecule has 1 N–H and O–H groups in total. The summed E-state index contributed by atoms with van der Waals surface area (Å²) in [5.41, 5.74) is 1.46. The van der Waals surface area contributed by atoms with Crippen molar-refractivity contribution >= 4 is 23.6 Å². The summed E-state index contributed by atoms with van der Waals surface area (Å²) in [4.78, 5) is 32.4. The van der Waals surface area contributed by atoms with Gasteiger partial charge in [0.1, 0.15) is 0 Å². The smallest absolute Gasteiger partial charge is 0.328 e. The minimum absolute atomic E-state index is 0.268. The lowest BCUT2D eigenvalue weighted by Gasteiger charge is -2.17. The van der Waals surface area contributed by atoms with Crippen molar-refractivity contribution in [2.45, 2.75) is 0 Å². The molecule has 0 spiro atoms. The lowest BCUT2D eigenvalue weighted by atomic mass is 10.1. The van der Waals surface area contributed by atoms with Crippen LogP contribution in [0, 0.1) is 0 Å². The van der Waals surface area contributed by atoms with Crippen molar-refractivity contribution in [3.8, 4) is 0 Å². The monoisotopic (exact) mass is 283 g/mol. The van der Waals surface area contributed by atoms with Gasteiger partial charge in [0.05, 0.1) is 17.4 Å². The van der Waals surface area contributed by atoms with E-state index in [1.165, 1.54) is 23.4 Å². The van der Waals surface area contributed by atoms with E-state index < -0.39 is 5.97 Å². The van der Waals surface area contributed by atoms with Gasteiger partial charge in [0.15, 0.2) is 0 Å². The number of carboxylic acid groups (broad SMARTS) is 1. The molecule has 0 saturated carbocycles. The zero-order valence-corrected chi connectivity index (χ0v) is 11.3. The van der Waals surface area contributed by atoms with Crippen LogP contribution in [0.1, 0.15) is 15.9 Å². The molecule has 0 radical (unpaired) electrons. The van der Waals surface area contributed by atoms with Gasteiger partial charge in [0.2, 0.25) is 0 Å². The Hall–Kier alpha value is -3.02. The summed E-state index contributed by atoms with van der Waals surface area (Å²) in [5.74, 6) is -1.35. The molecule has 2 rings (SSSR count). The summed E-state index contributed by atoms with van der Waals surface area (Å²) in [7, 11) is 1.63. The standard InChI is InChI=1S/C15H13N3O3/c1-18(12-3-2-7-16-10-12)15(21)13-6-8-17-9-11(13)4-5-14(19)20/h2-10H,1H3,(H,19,20). The summed E-state index contributed by atoms with van der Waals surface area (Å²) in [6.07, 6.45) is 8.45. The maximum absolute atomic E-state index is 12.5. The van der Waals surface area contributed by atoms with Crippen molar-refractivity contribution < 1.29 is 14.7 Å². The van der Waals surface area contributed by atoms with E-state index in [2.05, 4.69) is 9.97 Å². The van der Waals surface area contributed by atoms with E-state index >= 15 is 0 Å². The Kier molecular flexibility index (Phi) is 4.40. The number of aromatic nitrogens is 2. The molecule has 2 heterocycles. The van der Waals surface area contributed by atoms with Crippen LogP contribution in [-0.4, -0.2) is 34.0 Å². The van der Waals surface area contributed by atoms with E-state index in [0.717, 1.165) is 6.08 Å². The van der Waals surface area contributed by atoms with Crippen molar-refractivity contribution in [1.82, 2.24) is 9.97 Å². The Morgan fingerprint density at radius 3 is 2.62 bits per heavy atom. The molecule has 0 unspecified atom stereocenters. The van der Waals surface area contributed by atoms with Gasteiger partial charge in [-0.3, -0.25) is 14.8 Å². The number of pyridine rings is 2. The van der Waals surface area contributed by atoms with Crippen LogP contribution in [0.15, 0.2) is 49.1 Å². The molecule has 2 aromatic rings. The maximum atomic E-state index is 12.5. The second kappa shape index (κ2) is 6.42. The van der Waals surface area contributed by atoms with Gasteiger partial charge in [-0.1, -0.05) is 0 Å². The maximum Gasteiger partial charge on any atom is 0.328 e. The zero-order chi connectivity index (χ0) is 15.2. The molecule has 0 aliphatic carbocycles. The fourth-order valence-corrected chi connectivity index (χ4v) is 1.75. The van der Waals surface area contributed by atoms with Crippen molar-refractivity contribution in [1.29, 1.82) is 0 Å². The van der Waals surface area contributed by atoms with Crippen LogP contribution in [0.3, 0.4) is 0 Å². The van der Waals surface area contributed by atoms with Crippen LogP contribution in [0.4, 0.5) is 5.69 Å². The van der Waals surface area contributed by atoms with E-state index in [4.69, 9.17) is 5.11 Å². The number of anilines is 1. The minimum atomic E-state index is -1.09. The second-order valence-electron chi connectivity index (χ2n) is 4.21. The quantitative estimate of drug-likeness (QED) is 0.866. The first-order valence-electron chi connectivity index (χ1n) is 6.12. The fourth-order valence-electron chi connectivity index (χ4n) is 1.75. The largest absolute Gasteiger partial charge is 0.478 e. The number of carbonyl (C=O) groups is 2.